The Morgan fingerprint density at radius 2 is 2.05 bits per heavy atom. The molecule has 0 atom stereocenters. The largest absolute Gasteiger partial charge is 0.462 e. The molecule has 0 saturated carbocycles. The zero-order chi connectivity index (χ0) is 15.2. The molecule has 2 rings (SSSR count). The van der Waals surface area contributed by atoms with Gasteiger partial charge in [-0.3, -0.25) is 0 Å². The monoisotopic (exact) mass is 286 g/mol. The minimum atomic E-state index is -0.473. The molecule has 0 spiro atoms. The number of halogens is 1. The number of rotatable bonds is 4. The summed E-state index contributed by atoms with van der Waals surface area (Å²) in [5.74, 6) is -0.485. The van der Waals surface area contributed by atoms with E-state index < -0.39 is 5.97 Å². The van der Waals surface area contributed by atoms with Crippen molar-refractivity contribution in [3.05, 3.63) is 59.5 Å². The highest BCUT2D eigenvalue weighted by molar-refractivity contribution is 6.21. The molecule has 21 heavy (non-hydrogen) atoms. The lowest BCUT2D eigenvalue weighted by Crippen LogP contribution is -2.07. The maximum Gasteiger partial charge on any atom is 0.338 e. The van der Waals surface area contributed by atoms with Crippen LogP contribution < -0.4 is 5.73 Å². The quantitative estimate of drug-likeness (QED) is 0.693. The third-order valence-corrected chi connectivity index (χ3v) is 2.77. The highest BCUT2D eigenvalue weighted by Crippen LogP contribution is 2.21. The number of carbonyl (C=O) groups is 1. The average molecular weight is 286 g/mol. The van der Waals surface area contributed by atoms with Gasteiger partial charge in [-0.2, -0.15) is 0 Å². The van der Waals surface area contributed by atoms with Crippen LogP contribution in [0.3, 0.4) is 0 Å². The first-order valence-electron chi connectivity index (χ1n) is 6.46. The Kier molecular flexibility index (Phi) is 4.66. The molecule has 0 unspecified atom stereocenters. The molecule has 5 heteroatoms. The Balaban J connectivity index is 2.45. The van der Waals surface area contributed by atoms with Crippen LogP contribution in [0.25, 0.3) is 11.6 Å². The summed E-state index contributed by atoms with van der Waals surface area (Å²) in [6.07, 6.45) is 3.19. The maximum absolute atomic E-state index is 13.0. The topological polar surface area (TPSA) is 65.2 Å². The summed E-state index contributed by atoms with van der Waals surface area (Å²) in [6, 6.07) is 9.01. The highest BCUT2D eigenvalue weighted by Gasteiger charge is 2.13. The highest BCUT2D eigenvalue weighted by atomic mass is 19.1. The van der Waals surface area contributed by atoms with Gasteiger partial charge in [0.25, 0.3) is 0 Å². The van der Waals surface area contributed by atoms with Crippen molar-refractivity contribution in [3.8, 4) is 0 Å². The van der Waals surface area contributed by atoms with Gasteiger partial charge in [0.2, 0.25) is 0 Å². The number of benzene rings is 1. The normalized spacial score (nSPS) is 11.2. The lowest BCUT2D eigenvalue weighted by atomic mass is 10.0. The molecule has 0 radical (unpaired) electrons. The molecule has 0 saturated heterocycles. The molecule has 2 N–H and O–H groups in total. The van der Waals surface area contributed by atoms with E-state index in [1.807, 2.05) is 0 Å². The van der Waals surface area contributed by atoms with Crippen LogP contribution in [0.1, 0.15) is 18.1 Å². The van der Waals surface area contributed by atoms with E-state index in [1.54, 1.807) is 31.3 Å². The van der Waals surface area contributed by atoms with E-state index in [-0.39, 0.29) is 12.4 Å². The van der Waals surface area contributed by atoms with Crippen molar-refractivity contribution in [3.63, 3.8) is 0 Å². The number of nitrogen functional groups attached to an aromatic ring is 1. The van der Waals surface area contributed by atoms with Crippen molar-refractivity contribution in [2.24, 2.45) is 0 Å². The minimum Gasteiger partial charge on any atom is -0.462 e. The Hall–Kier alpha value is -2.69. The van der Waals surface area contributed by atoms with Crippen molar-refractivity contribution >= 4 is 23.4 Å². The van der Waals surface area contributed by atoms with Gasteiger partial charge in [-0.05, 0) is 48.4 Å². The third-order valence-electron chi connectivity index (χ3n) is 2.77. The molecule has 0 bridgehead atoms. The lowest BCUT2D eigenvalue weighted by molar-refractivity contribution is -0.136. The zero-order valence-corrected chi connectivity index (χ0v) is 11.5. The van der Waals surface area contributed by atoms with Gasteiger partial charge in [0.15, 0.2) is 0 Å². The number of nitrogens with two attached hydrogens (primary N) is 1. The molecule has 4 nitrogen and oxygen atoms in total. The van der Waals surface area contributed by atoms with E-state index in [0.29, 0.717) is 17.0 Å². The molecule has 108 valence electrons. The fourth-order valence-electron chi connectivity index (χ4n) is 1.82. The molecular formula is C16H15FN2O2. The number of esters is 1. The molecule has 1 aromatic heterocycles. The first kappa shape index (κ1) is 14.7. The first-order valence-corrected chi connectivity index (χ1v) is 6.46. The molecule has 0 fully saturated rings. The van der Waals surface area contributed by atoms with Crippen LogP contribution in [0.15, 0.2) is 42.6 Å². The molecule has 0 aliphatic heterocycles. The van der Waals surface area contributed by atoms with Gasteiger partial charge < -0.3 is 10.5 Å². The van der Waals surface area contributed by atoms with Crippen LogP contribution >= 0.6 is 0 Å². The Bertz CT molecular complexity index is 666. The molecule has 2 aromatic rings. The SMILES string of the molecule is CCOC(=O)/C(=C/c1ccnc(N)c1)c1ccc(F)cc1. The zero-order valence-electron chi connectivity index (χ0n) is 11.5. The summed E-state index contributed by atoms with van der Waals surface area (Å²) in [5, 5.41) is 0. The van der Waals surface area contributed by atoms with Crippen molar-refractivity contribution in [1.29, 1.82) is 0 Å². The average Bonchev–Trinajstić information content (AvgIpc) is 2.46. The fourth-order valence-corrected chi connectivity index (χ4v) is 1.82. The van der Waals surface area contributed by atoms with E-state index >= 15 is 0 Å². The van der Waals surface area contributed by atoms with Gasteiger partial charge >= 0.3 is 5.97 Å². The van der Waals surface area contributed by atoms with Gasteiger partial charge in [-0.25, -0.2) is 14.2 Å². The molecule has 0 aliphatic carbocycles. The standard InChI is InChI=1S/C16H15FN2O2/c1-2-21-16(20)14(12-3-5-13(17)6-4-12)9-11-7-8-19-15(18)10-11/h3-10H,2H2,1H3,(H2,18,19)/b14-9+. The van der Waals surface area contributed by atoms with E-state index in [1.165, 1.54) is 24.3 Å². The lowest BCUT2D eigenvalue weighted by Gasteiger charge is -2.08. The summed E-state index contributed by atoms with van der Waals surface area (Å²) < 4.78 is 18.1. The number of aromatic nitrogens is 1. The number of pyridine rings is 1. The van der Waals surface area contributed by atoms with Gasteiger partial charge in [0.05, 0.1) is 12.2 Å². The smallest absolute Gasteiger partial charge is 0.338 e. The number of carbonyl (C=O) groups excluding carboxylic acids is 1. The third kappa shape index (κ3) is 3.89. The number of hydrogen-bond acceptors (Lipinski definition) is 4. The summed E-state index contributed by atoms with van der Waals surface area (Å²) in [7, 11) is 0. The number of ether oxygens (including phenoxy) is 1. The van der Waals surface area contributed by atoms with E-state index in [0.717, 1.165) is 5.56 Å². The molecule has 0 aliphatic rings. The van der Waals surface area contributed by atoms with Crippen LogP contribution in [-0.4, -0.2) is 17.6 Å². The summed E-state index contributed by atoms with van der Waals surface area (Å²) in [5.41, 5.74) is 7.25. The maximum atomic E-state index is 13.0. The molecule has 1 aromatic carbocycles. The summed E-state index contributed by atoms with van der Waals surface area (Å²) >= 11 is 0. The number of anilines is 1. The minimum absolute atomic E-state index is 0.260. The van der Waals surface area contributed by atoms with Crippen LogP contribution in [-0.2, 0) is 9.53 Å². The number of hydrogen-bond donors (Lipinski definition) is 1. The van der Waals surface area contributed by atoms with Crippen molar-refractivity contribution in [1.82, 2.24) is 4.98 Å². The van der Waals surface area contributed by atoms with E-state index in [2.05, 4.69) is 4.98 Å². The Morgan fingerprint density at radius 1 is 1.33 bits per heavy atom. The van der Waals surface area contributed by atoms with Crippen LogP contribution in [0.5, 0.6) is 0 Å². The second-order valence-electron chi connectivity index (χ2n) is 4.30. The number of nitrogens with zero attached hydrogens (tertiary/aromatic N) is 1. The Morgan fingerprint density at radius 3 is 2.67 bits per heavy atom. The molecule has 0 amide bonds. The van der Waals surface area contributed by atoms with Crippen molar-refractivity contribution < 1.29 is 13.9 Å². The van der Waals surface area contributed by atoms with Crippen LogP contribution in [0, 0.1) is 5.82 Å². The predicted octanol–water partition coefficient (Wildman–Crippen LogP) is 2.91. The van der Waals surface area contributed by atoms with Gasteiger partial charge in [-0.15, -0.1) is 0 Å². The van der Waals surface area contributed by atoms with Gasteiger partial charge in [-0.1, -0.05) is 12.1 Å². The first-order chi connectivity index (χ1) is 10.1. The summed E-state index contributed by atoms with van der Waals surface area (Å²) in [6.45, 7) is 1.99. The van der Waals surface area contributed by atoms with E-state index in [4.69, 9.17) is 10.5 Å². The van der Waals surface area contributed by atoms with E-state index in [9.17, 15) is 9.18 Å². The molecular weight excluding hydrogens is 271 g/mol. The predicted molar refractivity (Wildman–Crippen MR) is 79.6 cm³/mol. The summed E-state index contributed by atoms with van der Waals surface area (Å²) in [4.78, 5) is 16.0. The second kappa shape index (κ2) is 6.65. The fraction of sp³-hybridized carbons (Fsp3) is 0.125. The van der Waals surface area contributed by atoms with Crippen LogP contribution in [0.4, 0.5) is 10.2 Å². The molecule has 1 heterocycles. The van der Waals surface area contributed by atoms with Crippen molar-refractivity contribution in [2.75, 3.05) is 12.3 Å². The van der Waals surface area contributed by atoms with Crippen molar-refractivity contribution in [2.45, 2.75) is 6.92 Å². The van der Waals surface area contributed by atoms with Gasteiger partial charge in [0, 0.05) is 6.20 Å². The second-order valence-corrected chi connectivity index (χ2v) is 4.30. The van der Waals surface area contributed by atoms with Crippen LogP contribution in [0.2, 0.25) is 0 Å². The van der Waals surface area contributed by atoms with Gasteiger partial charge in [0.1, 0.15) is 11.6 Å². The Labute approximate surface area is 122 Å².